The molecule has 2 fully saturated rings. The number of rotatable bonds is 3. The SMILES string of the molecule is CC(=O)N1CCN(c2nncc(N3CCN(c4cccc(C)c4C)CC3)n2)CC1. The second-order valence-corrected chi connectivity index (χ2v) is 7.80. The Hall–Kier alpha value is -2.90. The minimum Gasteiger partial charge on any atom is -0.368 e. The van der Waals surface area contributed by atoms with Crippen LogP contribution < -0.4 is 14.7 Å². The molecule has 0 radical (unpaired) electrons. The first kappa shape index (κ1) is 19.4. The third-order valence-electron chi connectivity index (χ3n) is 6.06. The van der Waals surface area contributed by atoms with Gasteiger partial charge in [-0.25, -0.2) is 0 Å². The van der Waals surface area contributed by atoms with E-state index in [-0.39, 0.29) is 5.91 Å². The summed E-state index contributed by atoms with van der Waals surface area (Å²) in [5, 5.41) is 8.44. The lowest BCUT2D eigenvalue weighted by molar-refractivity contribution is -0.129. The van der Waals surface area contributed by atoms with Gasteiger partial charge >= 0.3 is 0 Å². The zero-order valence-corrected chi connectivity index (χ0v) is 17.5. The van der Waals surface area contributed by atoms with Crippen LogP contribution in [0, 0.1) is 13.8 Å². The van der Waals surface area contributed by atoms with Crippen LogP contribution in [-0.2, 0) is 4.79 Å². The molecule has 2 aliphatic rings. The van der Waals surface area contributed by atoms with Crippen molar-refractivity contribution >= 4 is 23.4 Å². The predicted molar refractivity (Wildman–Crippen MR) is 115 cm³/mol. The Morgan fingerprint density at radius 1 is 0.897 bits per heavy atom. The Bertz CT molecular complexity index is 871. The van der Waals surface area contributed by atoms with Gasteiger partial charge in [0.05, 0.1) is 6.20 Å². The van der Waals surface area contributed by atoms with E-state index in [2.05, 4.69) is 56.9 Å². The molecule has 154 valence electrons. The van der Waals surface area contributed by atoms with Gasteiger partial charge in [0.15, 0.2) is 5.82 Å². The molecule has 0 spiro atoms. The van der Waals surface area contributed by atoms with Gasteiger partial charge in [0, 0.05) is 65.0 Å². The summed E-state index contributed by atoms with van der Waals surface area (Å²) in [6.45, 7) is 12.6. The van der Waals surface area contributed by atoms with Crippen molar-refractivity contribution in [3.63, 3.8) is 0 Å². The lowest BCUT2D eigenvalue weighted by Gasteiger charge is -2.38. The van der Waals surface area contributed by atoms with E-state index in [1.54, 1.807) is 13.1 Å². The predicted octanol–water partition coefficient (Wildman–Crippen LogP) is 1.48. The molecule has 2 aliphatic heterocycles. The number of carbonyl (C=O) groups is 1. The summed E-state index contributed by atoms with van der Waals surface area (Å²) in [7, 11) is 0. The van der Waals surface area contributed by atoms with Crippen LogP contribution in [0.1, 0.15) is 18.1 Å². The van der Waals surface area contributed by atoms with Gasteiger partial charge in [-0.3, -0.25) is 4.79 Å². The molecule has 0 unspecified atom stereocenters. The topological polar surface area (TPSA) is 68.7 Å². The van der Waals surface area contributed by atoms with Gasteiger partial charge in [0.25, 0.3) is 0 Å². The average Bonchev–Trinajstić information content (AvgIpc) is 2.76. The zero-order chi connectivity index (χ0) is 20.4. The summed E-state index contributed by atoms with van der Waals surface area (Å²) >= 11 is 0. The second kappa shape index (κ2) is 8.23. The van der Waals surface area contributed by atoms with Crippen LogP contribution in [0.3, 0.4) is 0 Å². The molecule has 29 heavy (non-hydrogen) atoms. The summed E-state index contributed by atoms with van der Waals surface area (Å²) in [6.07, 6.45) is 1.75. The van der Waals surface area contributed by atoms with Crippen LogP contribution in [0.2, 0.25) is 0 Å². The maximum Gasteiger partial charge on any atom is 0.247 e. The van der Waals surface area contributed by atoms with Gasteiger partial charge in [0.1, 0.15) is 0 Å². The summed E-state index contributed by atoms with van der Waals surface area (Å²) in [4.78, 5) is 25.0. The van der Waals surface area contributed by atoms with Gasteiger partial charge in [-0.15, -0.1) is 5.10 Å². The largest absolute Gasteiger partial charge is 0.368 e. The van der Waals surface area contributed by atoms with E-state index in [1.165, 1.54) is 16.8 Å². The molecule has 0 N–H and O–H groups in total. The summed E-state index contributed by atoms with van der Waals surface area (Å²) in [6, 6.07) is 6.51. The van der Waals surface area contributed by atoms with Crippen LogP contribution in [0.5, 0.6) is 0 Å². The Kier molecular flexibility index (Phi) is 5.51. The van der Waals surface area contributed by atoms with E-state index in [1.807, 2.05) is 4.90 Å². The molecule has 4 rings (SSSR count). The summed E-state index contributed by atoms with van der Waals surface area (Å²) in [5.41, 5.74) is 4.02. The Morgan fingerprint density at radius 3 is 2.24 bits per heavy atom. The first-order valence-corrected chi connectivity index (χ1v) is 10.3. The number of benzene rings is 1. The molecule has 8 heteroatoms. The number of anilines is 3. The fraction of sp³-hybridized carbons (Fsp3) is 0.524. The Balaban J connectivity index is 1.40. The average molecular weight is 396 g/mol. The molecule has 0 bridgehead atoms. The van der Waals surface area contributed by atoms with Gasteiger partial charge in [0.2, 0.25) is 11.9 Å². The van der Waals surface area contributed by atoms with Crippen molar-refractivity contribution in [2.24, 2.45) is 0 Å². The highest BCUT2D eigenvalue weighted by Gasteiger charge is 2.23. The molecule has 0 saturated carbocycles. The van der Waals surface area contributed by atoms with Crippen molar-refractivity contribution < 1.29 is 4.79 Å². The van der Waals surface area contributed by atoms with Crippen LogP contribution >= 0.6 is 0 Å². The van der Waals surface area contributed by atoms with Crippen LogP contribution in [0.15, 0.2) is 24.4 Å². The van der Waals surface area contributed by atoms with Gasteiger partial charge in [-0.2, -0.15) is 10.1 Å². The monoisotopic (exact) mass is 395 g/mol. The molecule has 3 heterocycles. The fourth-order valence-corrected chi connectivity index (χ4v) is 4.05. The van der Waals surface area contributed by atoms with Crippen molar-refractivity contribution in [2.45, 2.75) is 20.8 Å². The van der Waals surface area contributed by atoms with Crippen molar-refractivity contribution in [3.05, 3.63) is 35.5 Å². The van der Waals surface area contributed by atoms with Crippen LogP contribution in [0.25, 0.3) is 0 Å². The number of piperazine rings is 2. The number of amides is 1. The Labute approximate surface area is 172 Å². The molecule has 2 aromatic rings. The third-order valence-corrected chi connectivity index (χ3v) is 6.06. The van der Waals surface area contributed by atoms with Crippen molar-refractivity contribution in [3.8, 4) is 0 Å². The summed E-state index contributed by atoms with van der Waals surface area (Å²) in [5.74, 6) is 1.66. The van der Waals surface area contributed by atoms with E-state index in [4.69, 9.17) is 4.98 Å². The maximum atomic E-state index is 11.5. The maximum absolute atomic E-state index is 11.5. The molecule has 1 aromatic heterocycles. The highest BCUT2D eigenvalue weighted by Crippen LogP contribution is 2.25. The van der Waals surface area contributed by atoms with Crippen molar-refractivity contribution in [1.29, 1.82) is 0 Å². The molecule has 0 atom stereocenters. The highest BCUT2D eigenvalue weighted by molar-refractivity contribution is 5.73. The minimum atomic E-state index is 0.124. The first-order chi connectivity index (χ1) is 14.0. The number of hydrogen-bond acceptors (Lipinski definition) is 7. The van der Waals surface area contributed by atoms with Gasteiger partial charge < -0.3 is 19.6 Å². The van der Waals surface area contributed by atoms with E-state index < -0.39 is 0 Å². The molecule has 1 aromatic carbocycles. The van der Waals surface area contributed by atoms with E-state index in [0.717, 1.165) is 45.1 Å². The third kappa shape index (κ3) is 4.11. The highest BCUT2D eigenvalue weighted by atomic mass is 16.2. The van der Waals surface area contributed by atoms with Gasteiger partial charge in [-0.1, -0.05) is 12.1 Å². The lowest BCUT2D eigenvalue weighted by Crippen LogP contribution is -2.49. The molecule has 1 amide bonds. The van der Waals surface area contributed by atoms with Crippen LogP contribution in [0.4, 0.5) is 17.5 Å². The van der Waals surface area contributed by atoms with Crippen molar-refractivity contribution in [2.75, 3.05) is 67.1 Å². The number of carbonyl (C=O) groups excluding carboxylic acids is 1. The van der Waals surface area contributed by atoms with Gasteiger partial charge in [-0.05, 0) is 31.0 Å². The van der Waals surface area contributed by atoms with Crippen molar-refractivity contribution in [1.82, 2.24) is 20.1 Å². The number of aryl methyl sites for hydroxylation is 1. The molecule has 8 nitrogen and oxygen atoms in total. The smallest absolute Gasteiger partial charge is 0.247 e. The summed E-state index contributed by atoms with van der Waals surface area (Å²) < 4.78 is 0. The molecule has 0 aliphatic carbocycles. The number of hydrogen-bond donors (Lipinski definition) is 0. The molecular formula is C21H29N7O. The van der Waals surface area contributed by atoms with E-state index in [0.29, 0.717) is 19.0 Å². The number of nitrogens with zero attached hydrogens (tertiary/aromatic N) is 7. The molecule has 2 saturated heterocycles. The minimum absolute atomic E-state index is 0.124. The van der Waals surface area contributed by atoms with Crippen LogP contribution in [-0.4, -0.2) is 78.3 Å². The van der Waals surface area contributed by atoms with E-state index >= 15 is 0 Å². The quantitative estimate of drug-likeness (QED) is 0.780. The normalized spacial score (nSPS) is 17.6. The first-order valence-electron chi connectivity index (χ1n) is 10.3. The fourth-order valence-electron chi connectivity index (χ4n) is 4.05. The molecular weight excluding hydrogens is 366 g/mol. The number of aromatic nitrogens is 3. The Morgan fingerprint density at radius 2 is 1.55 bits per heavy atom. The standard InChI is InChI=1S/C21H29N7O/c1-16-5-4-6-19(17(16)2)26-9-11-27(12-10-26)20-15-22-24-21(23-20)28-13-7-25(8-14-28)18(3)29/h4-6,15H,7-14H2,1-3H3. The second-order valence-electron chi connectivity index (χ2n) is 7.80. The lowest BCUT2D eigenvalue weighted by atomic mass is 10.1. The zero-order valence-electron chi connectivity index (χ0n) is 17.5. The van der Waals surface area contributed by atoms with E-state index in [9.17, 15) is 4.79 Å².